The lowest BCUT2D eigenvalue weighted by Crippen LogP contribution is -2.60. The van der Waals surface area contributed by atoms with Crippen LogP contribution in [0.3, 0.4) is 0 Å². The number of hydrogen-bond acceptors (Lipinski definition) is 8. The number of pyridine rings is 1. The van der Waals surface area contributed by atoms with Gasteiger partial charge in [-0.2, -0.15) is 32.0 Å². The fourth-order valence-corrected chi connectivity index (χ4v) is 7.81. The van der Waals surface area contributed by atoms with Crippen LogP contribution >= 0.6 is 0 Å². The highest BCUT2D eigenvalue weighted by Gasteiger charge is 2.63. The van der Waals surface area contributed by atoms with Gasteiger partial charge in [0.15, 0.2) is 5.69 Å². The maximum atomic E-state index is 15.5. The van der Waals surface area contributed by atoms with E-state index in [1.165, 1.54) is 12.1 Å². The number of aromatic nitrogens is 4. The Morgan fingerprint density at radius 3 is 2.38 bits per heavy atom. The standard InChI is InChI=1S/C36H29F8N7O4/c1-34(54)13-50(14-34)33-47-25-11-20(16-2-5-23(39)21(9-16)31(45)53)28(48-32(25)55-33)24(8-15-6-17(37)10-18(38)7-15)46-26(52)12-51-30-27(29(49-51)36(42,43)44)19-3-4-22(19)35(30,40)41/h2,5-7,9-11,19,22,24,54H,3-4,8,12-14H2,1H3,(H2,45,53)(H,46,52)/t19-,22?,24-/m0/s1. The molecule has 2 fully saturated rings. The van der Waals surface area contributed by atoms with E-state index < -0.39 is 100 Å². The van der Waals surface area contributed by atoms with Crippen LogP contribution in [0.25, 0.3) is 22.4 Å². The minimum Gasteiger partial charge on any atom is -0.404 e. The number of rotatable bonds is 9. The first kappa shape index (κ1) is 36.4. The fraction of sp³-hybridized carbons (Fsp3) is 0.361. The first-order valence-electron chi connectivity index (χ1n) is 17.0. The highest BCUT2D eigenvalue weighted by Crippen LogP contribution is 2.64. The summed E-state index contributed by atoms with van der Waals surface area (Å²) in [5.41, 5.74) is 0.725. The molecule has 1 saturated carbocycles. The van der Waals surface area contributed by atoms with Crippen molar-refractivity contribution in [1.29, 1.82) is 0 Å². The van der Waals surface area contributed by atoms with Crippen LogP contribution in [0.1, 0.15) is 70.3 Å². The van der Waals surface area contributed by atoms with Gasteiger partial charge in [0.1, 0.15) is 35.2 Å². The average Bonchev–Trinajstić information content (AvgIpc) is 3.67. The van der Waals surface area contributed by atoms with Crippen molar-refractivity contribution in [3.05, 3.63) is 93.7 Å². The molecule has 0 bridgehead atoms. The zero-order valence-electron chi connectivity index (χ0n) is 28.5. The molecule has 2 amide bonds. The van der Waals surface area contributed by atoms with Crippen LogP contribution in [0.15, 0.2) is 46.9 Å². The van der Waals surface area contributed by atoms with Gasteiger partial charge in [0, 0.05) is 23.1 Å². The van der Waals surface area contributed by atoms with Crippen LogP contribution in [0.4, 0.5) is 41.1 Å². The molecule has 8 rings (SSSR count). The summed E-state index contributed by atoms with van der Waals surface area (Å²) in [6, 6.07) is 5.84. The normalized spacial score (nSPS) is 20.1. The molecular weight excluding hydrogens is 746 g/mol. The molecule has 0 radical (unpaired) electrons. The van der Waals surface area contributed by atoms with Gasteiger partial charge in [0.25, 0.3) is 17.8 Å². The van der Waals surface area contributed by atoms with Crippen molar-refractivity contribution < 1.29 is 54.2 Å². The van der Waals surface area contributed by atoms with E-state index in [4.69, 9.17) is 10.2 Å². The van der Waals surface area contributed by atoms with Crippen molar-refractivity contribution in [2.24, 2.45) is 11.7 Å². The number of nitrogens with two attached hydrogens (primary N) is 1. The van der Waals surface area contributed by atoms with Gasteiger partial charge < -0.3 is 25.5 Å². The summed E-state index contributed by atoms with van der Waals surface area (Å²) in [5.74, 6) is -11.3. The molecule has 1 unspecified atom stereocenters. The lowest BCUT2D eigenvalue weighted by Gasteiger charge is -2.42. The third kappa shape index (κ3) is 6.32. The summed E-state index contributed by atoms with van der Waals surface area (Å²) in [5, 5.41) is 16.2. The number of fused-ring (bicyclic) bond motifs is 4. The monoisotopic (exact) mass is 775 g/mol. The number of nitrogens with one attached hydrogen (secondary N) is 1. The molecule has 3 aromatic heterocycles. The fourth-order valence-electron chi connectivity index (χ4n) is 7.81. The largest absolute Gasteiger partial charge is 0.435 e. The van der Waals surface area contributed by atoms with Crippen molar-refractivity contribution in [2.45, 2.75) is 62.4 Å². The number of alkyl halides is 5. The molecule has 3 atom stereocenters. The topological polar surface area (TPSA) is 152 Å². The van der Waals surface area contributed by atoms with E-state index in [1.54, 1.807) is 11.8 Å². The number of carbonyl (C=O) groups is 2. The summed E-state index contributed by atoms with van der Waals surface area (Å²) in [4.78, 5) is 36.5. The van der Waals surface area contributed by atoms with E-state index in [1.807, 2.05) is 0 Å². The van der Waals surface area contributed by atoms with E-state index in [0.717, 1.165) is 24.3 Å². The predicted molar refractivity (Wildman–Crippen MR) is 176 cm³/mol. The number of β-amino-alcohol motifs (C(OH)–C–C–N with tert-alkyl or cyclic N) is 1. The highest BCUT2D eigenvalue weighted by molar-refractivity contribution is 5.95. The van der Waals surface area contributed by atoms with E-state index >= 15 is 8.78 Å². The van der Waals surface area contributed by atoms with Crippen LogP contribution in [-0.2, 0) is 29.9 Å². The lowest BCUT2D eigenvalue weighted by molar-refractivity contribution is -0.144. The quantitative estimate of drug-likeness (QED) is 0.157. The number of oxazole rings is 1. The van der Waals surface area contributed by atoms with Crippen molar-refractivity contribution >= 4 is 29.1 Å². The van der Waals surface area contributed by atoms with E-state index in [-0.39, 0.29) is 65.6 Å². The Bertz CT molecular complexity index is 2380. The Kier molecular flexibility index (Phi) is 8.25. The number of primary amides is 1. The molecule has 5 aromatic rings. The number of halogens is 8. The second-order valence-electron chi connectivity index (χ2n) is 14.4. The summed E-state index contributed by atoms with van der Waals surface area (Å²) in [6.45, 7) is 0.789. The molecule has 288 valence electrons. The predicted octanol–water partition coefficient (Wildman–Crippen LogP) is 5.89. The second-order valence-corrected chi connectivity index (χ2v) is 14.4. The third-order valence-electron chi connectivity index (χ3n) is 10.3. The van der Waals surface area contributed by atoms with E-state index in [0.29, 0.717) is 10.7 Å². The second kappa shape index (κ2) is 12.5. The van der Waals surface area contributed by atoms with Crippen LogP contribution in [0.5, 0.6) is 0 Å². The van der Waals surface area contributed by atoms with Crippen LogP contribution < -0.4 is 16.0 Å². The lowest BCUT2D eigenvalue weighted by atomic mass is 9.73. The van der Waals surface area contributed by atoms with Crippen molar-refractivity contribution in [2.75, 3.05) is 18.0 Å². The van der Waals surface area contributed by atoms with Gasteiger partial charge >= 0.3 is 6.18 Å². The Morgan fingerprint density at radius 2 is 1.76 bits per heavy atom. The minimum absolute atomic E-state index is 0.0136. The molecule has 3 aliphatic rings. The third-order valence-corrected chi connectivity index (χ3v) is 10.3. The summed E-state index contributed by atoms with van der Waals surface area (Å²) in [6.07, 6.45) is -5.44. The molecule has 2 aliphatic carbocycles. The Labute approximate surface area is 305 Å². The number of aliphatic hydroxyl groups is 1. The number of benzene rings is 2. The maximum Gasteiger partial charge on any atom is 0.435 e. The first-order chi connectivity index (χ1) is 25.8. The molecule has 1 saturated heterocycles. The molecule has 55 heavy (non-hydrogen) atoms. The van der Waals surface area contributed by atoms with Gasteiger partial charge in [-0.25, -0.2) is 18.2 Å². The number of nitrogens with zero attached hydrogens (tertiary/aromatic N) is 5. The zero-order chi connectivity index (χ0) is 39.4. The van der Waals surface area contributed by atoms with Gasteiger partial charge in [-0.15, -0.1) is 0 Å². The molecule has 2 aromatic carbocycles. The van der Waals surface area contributed by atoms with Gasteiger partial charge in [-0.1, -0.05) is 6.07 Å². The van der Waals surface area contributed by atoms with Crippen LogP contribution in [0, 0.1) is 23.4 Å². The first-order valence-corrected chi connectivity index (χ1v) is 17.0. The van der Waals surface area contributed by atoms with Crippen LogP contribution in [-0.4, -0.2) is 55.4 Å². The number of hydrogen-bond donors (Lipinski definition) is 3. The molecule has 11 nitrogen and oxygen atoms in total. The maximum absolute atomic E-state index is 15.5. The van der Waals surface area contributed by atoms with Gasteiger partial charge in [-0.3, -0.25) is 14.3 Å². The Morgan fingerprint density at radius 1 is 1.05 bits per heavy atom. The van der Waals surface area contributed by atoms with E-state index in [9.17, 15) is 41.0 Å². The van der Waals surface area contributed by atoms with Gasteiger partial charge in [0.05, 0.1) is 36.0 Å². The molecule has 4 heterocycles. The molecular formula is C36H29F8N7O4. The van der Waals surface area contributed by atoms with E-state index in [2.05, 4.69) is 20.4 Å². The highest BCUT2D eigenvalue weighted by atomic mass is 19.4. The van der Waals surface area contributed by atoms with Gasteiger partial charge in [-0.05, 0) is 73.6 Å². The number of amides is 2. The Hall–Kier alpha value is -5.59. The minimum atomic E-state index is -5.09. The molecule has 0 spiro atoms. The van der Waals surface area contributed by atoms with Crippen molar-refractivity contribution in [3.8, 4) is 11.1 Å². The summed E-state index contributed by atoms with van der Waals surface area (Å²) >= 11 is 0. The van der Waals surface area contributed by atoms with Crippen molar-refractivity contribution in [3.63, 3.8) is 0 Å². The summed E-state index contributed by atoms with van der Waals surface area (Å²) in [7, 11) is 0. The van der Waals surface area contributed by atoms with Crippen molar-refractivity contribution in [1.82, 2.24) is 25.1 Å². The smallest absolute Gasteiger partial charge is 0.404 e. The number of carbonyl (C=O) groups excluding carboxylic acids is 2. The van der Waals surface area contributed by atoms with Crippen LogP contribution in [0.2, 0.25) is 0 Å². The van der Waals surface area contributed by atoms with Gasteiger partial charge in [0.2, 0.25) is 11.6 Å². The summed E-state index contributed by atoms with van der Waals surface area (Å²) < 4.78 is 123. The molecule has 4 N–H and O–H groups in total. The molecule has 1 aliphatic heterocycles. The SMILES string of the molecule is CC1(O)CN(c2nc3cc(-c4ccc(F)c(C(N)=O)c4)c([C@H](Cc4cc(F)cc(F)c4)NC(=O)Cn4nc(C(F)(F)F)c5c4C(F)(F)C4CC[C@H]54)nc3o2)C1. The number of anilines is 1. The average molecular weight is 776 g/mol. The zero-order valence-corrected chi connectivity index (χ0v) is 28.5. The Balaban J connectivity index is 1.24. The molecule has 19 heteroatoms.